The lowest BCUT2D eigenvalue weighted by molar-refractivity contribution is -0.141. The van der Waals surface area contributed by atoms with Gasteiger partial charge in [-0.3, -0.25) is 19.2 Å². The van der Waals surface area contributed by atoms with Crippen molar-refractivity contribution in [2.45, 2.75) is 105 Å². The second-order valence-electron chi connectivity index (χ2n) is 12.5. The van der Waals surface area contributed by atoms with Crippen LogP contribution in [0.15, 0.2) is 29.6 Å². The molecule has 1 aromatic heterocycles. The van der Waals surface area contributed by atoms with E-state index in [2.05, 4.69) is 98.0 Å². The quantitative estimate of drug-likeness (QED) is 0.0874. The predicted molar refractivity (Wildman–Crippen MR) is 216 cm³/mol. The van der Waals surface area contributed by atoms with Crippen LogP contribution in [0, 0.1) is 0 Å². The summed E-state index contributed by atoms with van der Waals surface area (Å²) < 4.78 is 9.09. The number of nitrogens with one attached hydrogen (secondary N) is 2. The van der Waals surface area contributed by atoms with Gasteiger partial charge in [-0.05, 0) is 42.4 Å². The zero-order chi connectivity index (χ0) is 39.3. The Morgan fingerprint density at radius 1 is 0.960 bits per heavy atom. The summed E-state index contributed by atoms with van der Waals surface area (Å²) in [6.45, 7) is 16.0. The standard InChI is InChI=1S/C18H21N3O4S2.C7H18S.C7H16.C3H6O2.C2H4O/c1-3-11-4-6-12(7-5-11)18-21-14(10-27-18)17(24)20-13(9-26)16(23)19-8-15(22)25-2;1-7(2,3)8(4,5)6;1-3-5-7-6-4-2;1-3(4)5-2;1-2-3/h4-7,10,13,26H,3,8-9H2,1-2H3,(H,19,23)(H,20,24);1-6H3;3-7H2,1-2H3;1-2H3;2H,1H3. The highest BCUT2D eigenvalue weighted by molar-refractivity contribution is 8.33. The summed E-state index contributed by atoms with van der Waals surface area (Å²) >= 11 is 5.43. The first-order valence-corrected chi connectivity index (χ1v) is 21.1. The number of aromatic nitrogens is 1. The molecule has 0 radical (unpaired) electrons. The molecule has 288 valence electrons. The highest BCUT2D eigenvalue weighted by atomic mass is 32.3. The summed E-state index contributed by atoms with van der Waals surface area (Å²) in [6.07, 6.45) is 15.8. The number of thiazole rings is 1. The molecule has 0 bridgehead atoms. The van der Waals surface area contributed by atoms with Crippen molar-refractivity contribution >= 4 is 64.0 Å². The van der Waals surface area contributed by atoms with Crippen molar-refractivity contribution in [1.82, 2.24) is 15.6 Å². The maximum absolute atomic E-state index is 12.4. The van der Waals surface area contributed by atoms with Crippen LogP contribution in [-0.4, -0.2) is 91.1 Å². The summed E-state index contributed by atoms with van der Waals surface area (Å²) in [5.41, 5.74) is 2.38. The molecule has 0 saturated carbocycles. The first kappa shape index (κ1) is 51.5. The van der Waals surface area contributed by atoms with Crippen molar-refractivity contribution < 1.29 is 33.4 Å². The highest BCUT2D eigenvalue weighted by Gasteiger charge is 2.23. The molecular weight excluding hydrogens is 695 g/mol. The van der Waals surface area contributed by atoms with Gasteiger partial charge in [0.2, 0.25) is 5.91 Å². The SMILES string of the molecule is CC(C)(C)S(C)(C)C.CC=O.CCCCCCC.CCc1ccc(-c2nc(C(=O)NC(CS)C(=O)NCC(=O)OC)cs2)cc1.COC(C)=O. The molecule has 1 atom stereocenters. The van der Waals surface area contributed by atoms with E-state index in [1.54, 1.807) is 5.38 Å². The summed E-state index contributed by atoms with van der Waals surface area (Å²) in [6, 6.07) is 7.10. The second kappa shape index (κ2) is 29.8. The minimum Gasteiger partial charge on any atom is -0.469 e. The third-order valence-electron chi connectivity index (χ3n) is 7.12. The number of aryl methyl sites for hydroxylation is 1. The van der Waals surface area contributed by atoms with E-state index in [4.69, 9.17) is 4.79 Å². The van der Waals surface area contributed by atoms with Crippen LogP contribution in [0.2, 0.25) is 0 Å². The minimum atomic E-state index is -0.889. The average Bonchev–Trinajstić information content (AvgIpc) is 3.57. The molecule has 2 amide bonds. The number of aldehydes is 1. The third kappa shape index (κ3) is 26.0. The number of benzene rings is 1. The largest absolute Gasteiger partial charge is 0.469 e. The van der Waals surface area contributed by atoms with E-state index in [9.17, 15) is 19.2 Å². The molecule has 0 aliphatic rings. The average molecular weight is 760 g/mol. The Kier molecular flexibility index (Phi) is 30.7. The normalized spacial score (nSPS) is 11.1. The van der Waals surface area contributed by atoms with Crippen LogP contribution < -0.4 is 10.6 Å². The van der Waals surface area contributed by atoms with Gasteiger partial charge in [0.15, 0.2) is 0 Å². The molecule has 2 aromatic rings. The number of methoxy groups -OCH3 is 2. The number of ether oxygens (including phenoxy) is 2. The van der Waals surface area contributed by atoms with E-state index in [-0.39, 0.29) is 34.0 Å². The molecule has 1 heterocycles. The van der Waals surface area contributed by atoms with Gasteiger partial charge in [0.1, 0.15) is 29.6 Å². The molecule has 1 unspecified atom stereocenters. The summed E-state index contributed by atoms with van der Waals surface area (Å²) in [5.74, 6) is -1.74. The number of carbonyl (C=O) groups is 5. The molecular formula is C37H65N3O7S3. The van der Waals surface area contributed by atoms with E-state index in [1.165, 1.54) is 77.1 Å². The fraction of sp³-hybridized carbons (Fsp3) is 0.622. The van der Waals surface area contributed by atoms with E-state index >= 15 is 0 Å². The number of rotatable bonds is 12. The van der Waals surface area contributed by atoms with Gasteiger partial charge in [0.25, 0.3) is 5.91 Å². The van der Waals surface area contributed by atoms with Gasteiger partial charge in [-0.15, -0.1) is 11.3 Å². The molecule has 50 heavy (non-hydrogen) atoms. The lowest BCUT2D eigenvalue weighted by atomic mass is 10.1. The molecule has 2 N–H and O–H groups in total. The number of hydrogen-bond acceptors (Lipinski definition) is 10. The lowest BCUT2D eigenvalue weighted by Crippen LogP contribution is -2.49. The maximum atomic E-state index is 12.4. The van der Waals surface area contributed by atoms with Crippen LogP contribution in [0.3, 0.4) is 0 Å². The molecule has 10 nitrogen and oxygen atoms in total. The first-order valence-electron chi connectivity index (χ1n) is 16.8. The van der Waals surface area contributed by atoms with Crippen molar-refractivity contribution in [2.75, 3.05) is 45.3 Å². The van der Waals surface area contributed by atoms with Crippen molar-refractivity contribution in [3.8, 4) is 10.6 Å². The number of amides is 2. The maximum Gasteiger partial charge on any atom is 0.325 e. The van der Waals surface area contributed by atoms with Crippen LogP contribution in [0.25, 0.3) is 10.6 Å². The second-order valence-corrected chi connectivity index (χ2v) is 18.7. The Hall–Kier alpha value is -2.90. The third-order valence-corrected chi connectivity index (χ3v) is 12.0. The van der Waals surface area contributed by atoms with Crippen LogP contribution in [0.1, 0.15) is 104 Å². The Morgan fingerprint density at radius 2 is 1.44 bits per heavy atom. The van der Waals surface area contributed by atoms with Gasteiger partial charge in [0.05, 0.1) is 14.2 Å². The molecule has 2 rings (SSSR count). The van der Waals surface area contributed by atoms with Crippen molar-refractivity contribution in [1.29, 1.82) is 0 Å². The summed E-state index contributed by atoms with van der Waals surface area (Å²) in [7, 11) is 2.23. The van der Waals surface area contributed by atoms with Crippen LogP contribution in [0.5, 0.6) is 0 Å². The molecule has 0 fully saturated rings. The van der Waals surface area contributed by atoms with E-state index in [0.717, 1.165) is 23.3 Å². The number of unbranched alkanes of at least 4 members (excludes halogenated alkanes) is 4. The molecule has 0 aliphatic carbocycles. The van der Waals surface area contributed by atoms with E-state index in [1.807, 2.05) is 24.3 Å². The van der Waals surface area contributed by atoms with Crippen LogP contribution in [-0.2, 0) is 35.1 Å². The van der Waals surface area contributed by atoms with Gasteiger partial charge in [-0.1, -0.05) is 97.9 Å². The highest BCUT2D eigenvalue weighted by Crippen LogP contribution is 2.48. The van der Waals surface area contributed by atoms with Gasteiger partial charge in [-0.2, -0.15) is 12.6 Å². The van der Waals surface area contributed by atoms with Crippen molar-refractivity contribution in [3.05, 3.63) is 40.9 Å². The fourth-order valence-electron chi connectivity index (χ4n) is 2.85. The number of nitrogens with zero attached hydrogens (tertiary/aromatic N) is 1. The molecule has 0 saturated heterocycles. The van der Waals surface area contributed by atoms with E-state index < -0.39 is 23.8 Å². The van der Waals surface area contributed by atoms with Crippen molar-refractivity contribution in [2.24, 2.45) is 0 Å². The predicted octanol–water partition coefficient (Wildman–Crippen LogP) is 7.53. The molecule has 13 heteroatoms. The molecule has 0 spiro atoms. The minimum absolute atomic E-state index is 0.0776. The molecule has 1 aromatic carbocycles. The number of esters is 2. The van der Waals surface area contributed by atoms with Gasteiger partial charge < -0.3 is 24.9 Å². The van der Waals surface area contributed by atoms with E-state index in [0.29, 0.717) is 4.75 Å². The van der Waals surface area contributed by atoms with Crippen LogP contribution >= 0.6 is 34.0 Å². The number of hydrogen-bond donors (Lipinski definition) is 3. The Balaban J connectivity index is -0.000000778. The topological polar surface area (TPSA) is 141 Å². The Bertz CT molecular complexity index is 1210. The zero-order valence-electron chi connectivity index (χ0n) is 32.8. The number of carbonyl (C=O) groups excluding carboxylic acids is 5. The Morgan fingerprint density at radius 3 is 1.80 bits per heavy atom. The van der Waals surface area contributed by atoms with Crippen molar-refractivity contribution in [3.63, 3.8) is 0 Å². The van der Waals surface area contributed by atoms with Gasteiger partial charge >= 0.3 is 11.9 Å². The first-order chi connectivity index (χ1) is 23.3. The summed E-state index contributed by atoms with van der Waals surface area (Å²) in [4.78, 5) is 58.3. The lowest BCUT2D eigenvalue weighted by Gasteiger charge is -2.40. The van der Waals surface area contributed by atoms with Gasteiger partial charge in [0, 0.05) is 23.6 Å². The monoisotopic (exact) mass is 759 g/mol. The zero-order valence-corrected chi connectivity index (χ0v) is 35.3. The van der Waals surface area contributed by atoms with Crippen LogP contribution in [0.4, 0.5) is 0 Å². The smallest absolute Gasteiger partial charge is 0.325 e. The van der Waals surface area contributed by atoms with Gasteiger partial charge in [-0.25, -0.2) is 15.0 Å². The fourth-order valence-corrected chi connectivity index (χ4v) is 3.91. The number of thiol groups is 1. The Labute approximate surface area is 313 Å². The molecule has 0 aliphatic heterocycles. The summed E-state index contributed by atoms with van der Waals surface area (Å²) in [5, 5.41) is 7.32.